The zero-order valence-electron chi connectivity index (χ0n) is 18.4. The van der Waals surface area contributed by atoms with Gasteiger partial charge in [-0.15, -0.1) is 0 Å². The average Bonchev–Trinajstić information content (AvgIpc) is 3.31. The van der Waals surface area contributed by atoms with Crippen LogP contribution in [-0.2, 0) is 13.6 Å². The maximum absolute atomic E-state index is 12.4. The first kappa shape index (κ1) is 21.3. The van der Waals surface area contributed by atoms with Gasteiger partial charge in [-0.1, -0.05) is 13.8 Å². The van der Waals surface area contributed by atoms with E-state index < -0.39 is 6.09 Å². The minimum atomic E-state index is -0.630. The highest BCUT2D eigenvalue weighted by atomic mass is 16.7. The Bertz CT molecular complexity index is 1250. The fourth-order valence-electron chi connectivity index (χ4n) is 3.37. The molecule has 0 atom stereocenters. The number of carbonyl (C=O) groups excluding carboxylic acids is 1. The first-order valence-electron chi connectivity index (χ1n) is 10.2. The van der Waals surface area contributed by atoms with E-state index in [1.165, 1.54) is 11.1 Å². The van der Waals surface area contributed by atoms with Gasteiger partial charge in [-0.2, -0.15) is 9.83 Å². The lowest BCUT2D eigenvalue weighted by Gasteiger charge is -2.08. The van der Waals surface area contributed by atoms with Gasteiger partial charge in [-0.05, 0) is 37.2 Å². The highest BCUT2D eigenvalue weighted by Gasteiger charge is 2.13. The maximum Gasteiger partial charge on any atom is 0.437 e. The maximum atomic E-state index is 12.4. The molecule has 0 radical (unpaired) electrons. The smallest absolute Gasteiger partial charge is 0.437 e. The van der Waals surface area contributed by atoms with Gasteiger partial charge < -0.3 is 14.9 Å². The summed E-state index contributed by atoms with van der Waals surface area (Å²) in [7, 11) is 3.69. The van der Waals surface area contributed by atoms with E-state index in [-0.39, 0.29) is 0 Å². The SMILES string of the molecule is CNCc1cc(Oc2ccc3c(ccn3OC(=O)Nc3cc(C(C)C)n(C)n3)c2)ncn1. The summed E-state index contributed by atoms with van der Waals surface area (Å²) in [5.41, 5.74) is 2.56. The molecule has 10 heteroatoms. The van der Waals surface area contributed by atoms with Crippen LogP contribution in [-0.4, -0.2) is 37.6 Å². The number of fused-ring (bicyclic) bond motifs is 1. The molecular weight excluding hydrogens is 410 g/mol. The van der Waals surface area contributed by atoms with Crippen LogP contribution < -0.4 is 20.2 Å². The Kier molecular flexibility index (Phi) is 6.04. The number of carbonyl (C=O) groups is 1. The Labute approximate surface area is 185 Å². The number of benzene rings is 1. The number of anilines is 1. The molecule has 32 heavy (non-hydrogen) atoms. The average molecular weight is 435 g/mol. The number of nitrogens with zero attached hydrogens (tertiary/aromatic N) is 5. The number of nitrogens with one attached hydrogen (secondary N) is 2. The number of aromatic nitrogens is 5. The largest absolute Gasteiger partial charge is 0.439 e. The monoisotopic (exact) mass is 435 g/mol. The van der Waals surface area contributed by atoms with E-state index in [1.54, 1.807) is 23.0 Å². The summed E-state index contributed by atoms with van der Waals surface area (Å²) in [5.74, 6) is 1.80. The van der Waals surface area contributed by atoms with Crippen LogP contribution in [0.4, 0.5) is 10.6 Å². The summed E-state index contributed by atoms with van der Waals surface area (Å²) >= 11 is 0. The molecule has 0 aliphatic rings. The summed E-state index contributed by atoms with van der Waals surface area (Å²) in [6.07, 6.45) is 2.51. The van der Waals surface area contributed by atoms with Gasteiger partial charge in [0.15, 0.2) is 5.82 Å². The molecule has 3 heterocycles. The van der Waals surface area contributed by atoms with Crippen LogP contribution in [0.1, 0.15) is 31.2 Å². The van der Waals surface area contributed by atoms with Gasteiger partial charge in [0.2, 0.25) is 5.88 Å². The van der Waals surface area contributed by atoms with Crippen molar-refractivity contribution >= 4 is 22.8 Å². The molecule has 0 saturated heterocycles. The predicted octanol–water partition coefficient (Wildman–Crippen LogP) is 3.46. The van der Waals surface area contributed by atoms with E-state index in [0.29, 0.717) is 29.9 Å². The van der Waals surface area contributed by atoms with Crippen LogP contribution in [0.3, 0.4) is 0 Å². The van der Waals surface area contributed by atoms with E-state index in [4.69, 9.17) is 9.57 Å². The summed E-state index contributed by atoms with van der Waals surface area (Å²) in [4.78, 5) is 26.1. The normalized spacial score (nSPS) is 11.2. The Morgan fingerprint density at radius 1 is 1.16 bits per heavy atom. The van der Waals surface area contributed by atoms with Gasteiger partial charge in [-0.3, -0.25) is 10.00 Å². The lowest BCUT2D eigenvalue weighted by molar-refractivity contribution is 0.153. The topological polar surface area (TPSA) is 108 Å². The van der Waals surface area contributed by atoms with E-state index >= 15 is 0 Å². The fraction of sp³-hybridized carbons (Fsp3) is 0.273. The number of amides is 1. The van der Waals surface area contributed by atoms with Crippen molar-refractivity contribution < 1.29 is 14.4 Å². The number of aryl methyl sites for hydroxylation is 1. The van der Waals surface area contributed by atoms with Crippen molar-refractivity contribution in [2.45, 2.75) is 26.3 Å². The minimum Gasteiger partial charge on any atom is -0.439 e. The van der Waals surface area contributed by atoms with Crippen molar-refractivity contribution in [2.75, 3.05) is 12.4 Å². The van der Waals surface area contributed by atoms with Crippen molar-refractivity contribution in [3.63, 3.8) is 0 Å². The van der Waals surface area contributed by atoms with Crippen LogP contribution in [0.2, 0.25) is 0 Å². The lowest BCUT2D eigenvalue weighted by Crippen LogP contribution is -2.24. The van der Waals surface area contributed by atoms with Gasteiger partial charge in [0.25, 0.3) is 0 Å². The summed E-state index contributed by atoms with van der Waals surface area (Å²) in [6.45, 7) is 4.75. The van der Waals surface area contributed by atoms with Crippen LogP contribution >= 0.6 is 0 Å². The highest BCUT2D eigenvalue weighted by molar-refractivity contribution is 5.86. The Morgan fingerprint density at radius 2 is 2.00 bits per heavy atom. The Balaban J connectivity index is 1.45. The van der Waals surface area contributed by atoms with Crippen molar-refractivity contribution in [1.82, 2.24) is 29.8 Å². The molecule has 0 saturated carbocycles. The second kappa shape index (κ2) is 9.06. The summed E-state index contributed by atoms with van der Waals surface area (Å²) in [5, 5.41) is 10.8. The molecular formula is C22H25N7O3. The number of ether oxygens (including phenoxy) is 1. The summed E-state index contributed by atoms with van der Waals surface area (Å²) < 4.78 is 9.00. The van der Waals surface area contributed by atoms with E-state index in [1.807, 2.05) is 38.4 Å². The molecule has 0 bridgehead atoms. The molecule has 10 nitrogen and oxygen atoms in total. The highest BCUT2D eigenvalue weighted by Crippen LogP contribution is 2.25. The first-order valence-corrected chi connectivity index (χ1v) is 10.2. The van der Waals surface area contributed by atoms with E-state index in [9.17, 15) is 4.79 Å². The third-order valence-corrected chi connectivity index (χ3v) is 4.82. The molecule has 166 valence electrons. The van der Waals surface area contributed by atoms with Gasteiger partial charge in [0.05, 0.1) is 11.2 Å². The van der Waals surface area contributed by atoms with Crippen LogP contribution in [0.5, 0.6) is 11.6 Å². The van der Waals surface area contributed by atoms with Crippen LogP contribution in [0, 0.1) is 0 Å². The fourth-order valence-corrected chi connectivity index (χ4v) is 3.37. The molecule has 0 spiro atoms. The van der Waals surface area contributed by atoms with Gasteiger partial charge >= 0.3 is 6.09 Å². The summed E-state index contributed by atoms with van der Waals surface area (Å²) in [6, 6.07) is 10.9. The minimum absolute atomic E-state index is 0.293. The molecule has 0 aliphatic carbocycles. The number of hydrogen-bond acceptors (Lipinski definition) is 7. The molecule has 0 fully saturated rings. The lowest BCUT2D eigenvalue weighted by atomic mass is 10.1. The van der Waals surface area contributed by atoms with Crippen molar-refractivity contribution in [1.29, 1.82) is 0 Å². The molecule has 4 rings (SSSR count). The third-order valence-electron chi connectivity index (χ3n) is 4.82. The molecule has 1 amide bonds. The Morgan fingerprint density at radius 3 is 2.75 bits per heavy atom. The zero-order valence-corrected chi connectivity index (χ0v) is 18.4. The van der Waals surface area contributed by atoms with Crippen molar-refractivity contribution in [3.05, 3.63) is 60.3 Å². The standard InChI is InChI=1S/C22H25N7O3/c1-14(2)19-11-20(27-28(19)4)26-22(30)32-29-8-7-15-9-17(5-6-18(15)29)31-21-10-16(12-23-3)24-13-25-21/h5-11,13-14,23H,12H2,1-4H3,(H,26,27,30). The quantitative estimate of drug-likeness (QED) is 0.458. The van der Waals surface area contributed by atoms with E-state index in [2.05, 4.69) is 39.5 Å². The van der Waals surface area contributed by atoms with Gasteiger partial charge in [0, 0.05) is 43.0 Å². The molecule has 0 aliphatic heterocycles. The van der Waals surface area contributed by atoms with Crippen molar-refractivity contribution in [2.24, 2.45) is 7.05 Å². The molecule has 1 aromatic carbocycles. The second-order valence-electron chi connectivity index (χ2n) is 7.58. The van der Waals surface area contributed by atoms with Crippen molar-refractivity contribution in [3.8, 4) is 11.6 Å². The third kappa shape index (κ3) is 4.70. The second-order valence-corrected chi connectivity index (χ2v) is 7.58. The molecule has 4 aromatic rings. The van der Waals surface area contributed by atoms with Gasteiger partial charge in [-0.25, -0.2) is 14.8 Å². The molecule has 2 N–H and O–H groups in total. The predicted molar refractivity (Wildman–Crippen MR) is 120 cm³/mol. The van der Waals surface area contributed by atoms with Crippen LogP contribution in [0.25, 0.3) is 10.9 Å². The Hall–Kier alpha value is -3.92. The first-order chi connectivity index (χ1) is 15.4. The molecule has 0 unspecified atom stereocenters. The van der Waals surface area contributed by atoms with E-state index in [0.717, 1.165) is 22.3 Å². The molecule has 3 aromatic heterocycles. The number of rotatable bonds is 7. The van der Waals surface area contributed by atoms with Gasteiger partial charge in [0.1, 0.15) is 12.1 Å². The van der Waals surface area contributed by atoms with Crippen LogP contribution in [0.15, 0.2) is 48.9 Å². The number of hydrogen-bond donors (Lipinski definition) is 2. The zero-order chi connectivity index (χ0) is 22.7.